The number of aliphatic hydroxyl groups is 3. The number of thiazole rings is 1. The Bertz CT molecular complexity index is 7690. The summed E-state index contributed by atoms with van der Waals surface area (Å²) >= 11 is 4.85. The van der Waals surface area contributed by atoms with Crippen molar-refractivity contribution in [3.05, 3.63) is 356 Å². The molecule has 9 aliphatic rings. The third-order valence-electron chi connectivity index (χ3n) is 28.7. The maximum absolute atomic E-state index is 13.6. The molecule has 9 aromatic carbocycles. The molecule has 20 rings (SSSR count). The minimum absolute atomic E-state index is 0.0242. The molecule has 0 fully saturated rings. The number of ether oxygens (including phenoxy) is 3. The van der Waals surface area contributed by atoms with Crippen molar-refractivity contribution in [2.24, 2.45) is 4.99 Å². The number of aryl methyl sites for hydroxylation is 1. The van der Waals surface area contributed by atoms with Gasteiger partial charge in [-0.05, 0) is 180 Å². The van der Waals surface area contributed by atoms with Crippen LogP contribution in [0, 0.1) is 20.8 Å². The molecular formula is C119H115BN8O16S3. The van der Waals surface area contributed by atoms with Crippen LogP contribution < -0.4 is 34.0 Å². The first-order valence-corrected chi connectivity index (χ1v) is 52.2. The Labute approximate surface area is 867 Å². The van der Waals surface area contributed by atoms with Crippen molar-refractivity contribution in [2.75, 3.05) is 93.2 Å². The molecule has 147 heavy (non-hydrogen) atoms. The van der Waals surface area contributed by atoms with Crippen molar-refractivity contribution in [3.63, 3.8) is 0 Å². The number of benzene rings is 9. The van der Waals surface area contributed by atoms with Gasteiger partial charge in [-0.25, -0.2) is 4.79 Å². The summed E-state index contributed by atoms with van der Waals surface area (Å²) in [7, 11) is 5.89. The van der Waals surface area contributed by atoms with E-state index in [1.807, 2.05) is 226 Å². The third kappa shape index (κ3) is 19.8. The minimum Gasteiger partial charge on any atom is -0.871 e. The van der Waals surface area contributed by atoms with Gasteiger partial charge < -0.3 is 59.3 Å². The number of phenolic OH excluding ortho intramolecular Hbond substituents is 1. The van der Waals surface area contributed by atoms with Gasteiger partial charge in [0.25, 0.3) is 16.8 Å². The molecule has 2 aromatic heterocycles. The summed E-state index contributed by atoms with van der Waals surface area (Å²) in [6.45, 7) is 25.5. The van der Waals surface area contributed by atoms with E-state index < -0.39 is 28.6 Å². The number of carbonyl (C=O) groups excluding carboxylic acids is 8. The smallest absolute Gasteiger partial charge is 0.263 e. The Morgan fingerprint density at radius 1 is 0.612 bits per heavy atom. The summed E-state index contributed by atoms with van der Waals surface area (Å²) in [5, 5.41) is 61.2. The molecule has 0 saturated heterocycles. The third-order valence-corrected chi connectivity index (χ3v) is 32.0. The van der Waals surface area contributed by atoms with Gasteiger partial charge in [0.05, 0.1) is 57.4 Å². The molecule has 1 unspecified atom stereocenters. The maximum atomic E-state index is 13.6. The monoisotopic (exact) mass is 2020 g/mol. The molecule has 2 amide bonds. The number of amides is 2. The van der Waals surface area contributed by atoms with Gasteiger partial charge >= 0.3 is 148 Å². The molecule has 24 nitrogen and oxygen atoms in total. The SMILES string of the molecule is CCC1=CC(C)=NC1=C1C(=O)C(C=C2Sc3ccccc3N2CCCOC(=O)C2(C)CCc3c(C)c(O)c(C)c(C)c3O2)=C1O.CCN(CC)C1=CC(=O)C(=C2C(=O)C(C=C3N(CCOC(=O)CCCN(C)c4ccc(/C=C/c5bc6ccccc6s5)cc4)c4ccccc4C3(C)C)=C2O)C(O)=C1.CN(C)c1ccc(C2=C([O-])C(=Cc3sc4ccccc4[n+]3CCCCN3C(=O)c4cccc5cccc(c45)C3=O)C2=O)cc1. The summed E-state index contributed by atoms with van der Waals surface area (Å²) in [6.07, 6.45) is 18.7. The van der Waals surface area contributed by atoms with E-state index >= 15 is 0 Å². The summed E-state index contributed by atoms with van der Waals surface area (Å²) in [4.78, 5) is 123. The number of phenols is 1. The zero-order chi connectivity index (χ0) is 104. The number of likely N-dealkylation sites (N-methyl/N-ethyl adjacent to an activating group) is 1. The molecule has 5 aliphatic heterocycles. The first-order valence-electron chi connectivity index (χ1n) is 49.7. The van der Waals surface area contributed by atoms with E-state index in [2.05, 4.69) is 87.0 Å². The number of aliphatic hydroxyl groups excluding tert-OH is 3. The number of Topliss-reactive ketones (excluding diaryl/α,β-unsaturated/α-hetero) is 3. The van der Waals surface area contributed by atoms with Gasteiger partial charge in [-0.2, -0.15) is 4.57 Å². The average Bonchev–Trinajstić information content (AvgIpc) is 1.60. The zero-order valence-corrected chi connectivity index (χ0v) is 87.0. The van der Waals surface area contributed by atoms with Crippen LogP contribution in [0.25, 0.3) is 54.8 Å². The van der Waals surface area contributed by atoms with Gasteiger partial charge in [-0.15, -0.1) is 0 Å². The molecule has 0 bridgehead atoms. The molecule has 0 spiro atoms. The van der Waals surface area contributed by atoms with Gasteiger partial charge in [-0.3, -0.25) is 43.5 Å². The number of thioether (sulfide) groups is 1. The molecule has 0 saturated carbocycles. The number of rotatable bonds is 29. The van der Waals surface area contributed by atoms with E-state index in [1.54, 1.807) is 48.6 Å². The van der Waals surface area contributed by atoms with Gasteiger partial charge in [0, 0.05) is 149 Å². The number of aliphatic imine (C=N–C) groups is 1. The number of ketones is 4. The van der Waals surface area contributed by atoms with Crippen LogP contribution >= 0.6 is 34.4 Å². The number of carbonyl (C=O) groups is 8. The number of anilines is 4. The molecule has 1 atom stereocenters. The maximum Gasteiger partial charge on any atom is 0.263 e. The van der Waals surface area contributed by atoms with E-state index in [4.69, 9.17) is 14.2 Å². The summed E-state index contributed by atoms with van der Waals surface area (Å²) in [6, 6.07) is 59.1. The number of aromatic hydroxyl groups is 1. The predicted molar refractivity (Wildman–Crippen MR) is 583 cm³/mol. The van der Waals surface area contributed by atoms with Gasteiger partial charge in [0.15, 0.2) is 18.1 Å². The number of aromatic nitrogens is 1. The van der Waals surface area contributed by atoms with E-state index in [1.165, 1.54) is 54.9 Å². The Morgan fingerprint density at radius 3 is 1.96 bits per heavy atom. The van der Waals surface area contributed by atoms with Crippen molar-refractivity contribution in [2.45, 2.75) is 143 Å². The molecule has 748 valence electrons. The van der Waals surface area contributed by atoms with E-state index in [-0.39, 0.29) is 117 Å². The van der Waals surface area contributed by atoms with Crippen molar-refractivity contribution in [1.82, 2.24) is 9.80 Å². The Hall–Kier alpha value is -15.3. The molecule has 0 radical (unpaired) electrons. The number of fused-ring (bicyclic) bond motifs is 5. The first-order chi connectivity index (χ1) is 70.7. The van der Waals surface area contributed by atoms with Crippen molar-refractivity contribution in [3.8, 4) is 11.5 Å². The predicted octanol–water partition coefficient (Wildman–Crippen LogP) is 21.3. The van der Waals surface area contributed by atoms with Crippen molar-refractivity contribution in [1.29, 1.82) is 0 Å². The fourth-order valence-corrected chi connectivity index (χ4v) is 23.5. The number of hydrogen-bond acceptors (Lipinski definition) is 25. The topological polar surface area (TPSA) is 304 Å². The summed E-state index contributed by atoms with van der Waals surface area (Å²) < 4.78 is 23.4. The van der Waals surface area contributed by atoms with Crippen LogP contribution in [0.15, 0.2) is 306 Å². The number of nitrogens with zero attached hydrogens (tertiary/aromatic N) is 8. The van der Waals surface area contributed by atoms with Crippen LogP contribution in [-0.4, -0.2) is 169 Å². The molecule has 4 N–H and O–H groups in total. The summed E-state index contributed by atoms with van der Waals surface area (Å²) in [5.41, 5.74) is 14.8. The standard InChI is InChI=1S/C47H48BN3O6S.C36H29N3O4S.C36H38N2O6S/c1-6-50(7-2)32-27-37(52)43(38(53)28-32)44-45(55)33(46(44)56)29-40-47(3,4)34-13-8-10-15-36(34)51(40)25-26-57-42(54)17-12-24-49(5)31-21-18-30(19-22-31)20-23-41-48-35-14-9-11-16-39(35)58-41;1-37(2)24-17-15-23(16-18-24)32-33(40)27(34(32)41)21-30-38(28-13-3-4-14-29(28)44-30)19-5-6-20-39-35(42)25-11-7-9-22-10-8-12-26(31(22)25)36(39)43;1-7-23-17-19(2)37-30(23)29-32(40)25(33(29)41)18-28-38(26-11-8-9-12-27(26)45-28)15-10-16-43-35(42)36(6)14-13-24-22(5)31(39)20(3)21(4)34(24)44-36/h8-11,13-16,18-23,27-29,52,55H,6-7,12,17,24-26H2,1-5H3;3-4,7-18,21H,5-6,19-20H2,1-2H3;8-9,11-12,17-18,39-40H,7,10,13-16H2,1-6H3/b23-20+,40-29?,44-43?;;. The van der Waals surface area contributed by atoms with Gasteiger partial charge in [-0.1, -0.05) is 128 Å². The fourth-order valence-electron chi connectivity index (χ4n) is 20.3. The average molecular weight is 2020 g/mol. The van der Waals surface area contributed by atoms with Crippen LogP contribution in [0.2, 0.25) is 0 Å². The molecule has 11 aromatic rings. The number of hydrogen-bond donors (Lipinski definition) is 4. The molecule has 28 heteroatoms. The number of esters is 2. The van der Waals surface area contributed by atoms with Crippen LogP contribution in [0.3, 0.4) is 0 Å². The van der Waals surface area contributed by atoms with E-state index in [9.17, 15) is 63.9 Å². The molecular weight excluding hydrogens is 1900 g/mol. The summed E-state index contributed by atoms with van der Waals surface area (Å²) in [5.74, 6) is -2.74. The van der Waals surface area contributed by atoms with E-state index in [0.29, 0.717) is 118 Å². The second-order valence-corrected chi connectivity index (χ2v) is 41.8. The Kier molecular flexibility index (Phi) is 29.4. The largest absolute Gasteiger partial charge is 0.871 e. The van der Waals surface area contributed by atoms with Crippen molar-refractivity contribution >= 4 is 171 Å². The fraction of sp³-hybridized carbons (Fsp3) is 0.269. The number of para-hydroxylation sites is 3. The van der Waals surface area contributed by atoms with Crippen LogP contribution in [0.5, 0.6) is 11.5 Å². The van der Waals surface area contributed by atoms with E-state index in [0.717, 1.165) is 115 Å². The first kappa shape index (κ1) is 102. The molecule has 7 heterocycles. The minimum atomic E-state index is -1.12. The number of allylic oxidation sites excluding steroid dienone is 14. The second kappa shape index (κ2) is 42.4. The van der Waals surface area contributed by atoms with Crippen molar-refractivity contribution < 1.29 is 82.7 Å². The normalized spacial score (nSPS) is 18.8. The van der Waals surface area contributed by atoms with Gasteiger partial charge in [0.2, 0.25) is 22.7 Å². The van der Waals surface area contributed by atoms with Crippen LogP contribution in [0.1, 0.15) is 163 Å². The quantitative estimate of drug-likeness (QED) is 0.0111. The van der Waals surface area contributed by atoms with Crippen LogP contribution in [-0.2, 0) is 56.6 Å². The second-order valence-electron chi connectivity index (χ2n) is 38.6. The molecule has 4 aliphatic carbocycles. The number of imide groups is 1. The Morgan fingerprint density at radius 2 is 1.27 bits per heavy atom. The van der Waals surface area contributed by atoms with Gasteiger partial charge in [0.1, 0.15) is 40.1 Å². The Balaban J connectivity index is 0.000000146. The number of unbranched alkanes of at least 4 members (excludes halogenated alkanes) is 1. The van der Waals surface area contributed by atoms with Crippen LogP contribution in [0.4, 0.5) is 22.7 Å². The zero-order valence-electron chi connectivity index (χ0n) is 84.5.